The lowest BCUT2D eigenvalue weighted by Gasteiger charge is -2.06. The second-order valence-electron chi connectivity index (χ2n) is 4.61. The zero-order valence-corrected chi connectivity index (χ0v) is 9.77. The third-order valence-corrected chi connectivity index (χ3v) is 2.87. The van der Waals surface area contributed by atoms with Crippen molar-refractivity contribution in [2.45, 2.75) is 38.3 Å². The molecule has 1 saturated heterocycles. The molecule has 2 rings (SSSR count). The van der Waals surface area contributed by atoms with Crippen LogP contribution < -0.4 is 5.32 Å². The van der Waals surface area contributed by atoms with E-state index in [1.807, 2.05) is 0 Å². The molecule has 1 aliphatic rings. The molecule has 1 atom stereocenters. The van der Waals surface area contributed by atoms with Crippen LogP contribution in [-0.4, -0.2) is 18.1 Å². The molecule has 6 heteroatoms. The van der Waals surface area contributed by atoms with Crippen molar-refractivity contribution < 1.29 is 17.6 Å². The average molecular weight is 248 g/mol. The van der Waals surface area contributed by atoms with Crippen LogP contribution in [0.25, 0.3) is 0 Å². The second-order valence-corrected chi connectivity index (χ2v) is 4.61. The van der Waals surface area contributed by atoms with Gasteiger partial charge in [-0.15, -0.1) is 0 Å². The average Bonchev–Trinajstić information content (AvgIpc) is 2.85. The van der Waals surface area contributed by atoms with Crippen molar-refractivity contribution in [1.29, 1.82) is 0 Å². The maximum absolute atomic E-state index is 12.8. The van der Waals surface area contributed by atoms with Crippen LogP contribution in [0.5, 0.6) is 0 Å². The standard InChI is InChI=1S/C11H15F3N2O/c1-6(2)8-9(11(12,13)14)16-10(17-8)7-3-4-15-5-7/h6-7,15H,3-5H2,1-2H3. The van der Waals surface area contributed by atoms with E-state index < -0.39 is 11.9 Å². The number of hydrogen-bond acceptors (Lipinski definition) is 3. The van der Waals surface area contributed by atoms with E-state index in [-0.39, 0.29) is 23.5 Å². The normalized spacial score (nSPS) is 21.4. The van der Waals surface area contributed by atoms with Gasteiger partial charge in [-0.3, -0.25) is 0 Å². The van der Waals surface area contributed by atoms with Crippen LogP contribution in [0.4, 0.5) is 13.2 Å². The fourth-order valence-electron chi connectivity index (χ4n) is 1.98. The fraction of sp³-hybridized carbons (Fsp3) is 0.727. The Balaban J connectivity index is 2.37. The van der Waals surface area contributed by atoms with Crippen LogP contribution in [-0.2, 0) is 6.18 Å². The third-order valence-electron chi connectivity index (χ3n) is 2.87. The quantitative estimate of drug-likeness (QED) is 0.874. The molecule has 0 radical (unpaired) electrons. The van der Waals surface area contributed by atoms with Crippen LogP contribution in [0.3, 0.4) is 0 Å². The summed E-state index contributed by atoms with van der Waals surface area (Å²) >= 11 is 0. The summed E-state index contributed by atoms with van der Waals surface area (Å²) in [4.78, 5) is 3.65. The van der Waals surface area contributed by atoms with Crippen molar-refractivity contribution in [3.05, 3.63) is 17.3 Å². The molecule has 0 aromatic carbocycles. The Morgan fingerprint density at radius 2 is 2.12 bits per heavy atom. The van der Waals surface area contributed by atoms with Crippen molar-refractivity contribution in [2.75, 3.05) is 13.1 Å². The van der Waals surface area contributed by atoms with E-state index in [2.05, 4.69) is 10.3 Å². The van der Waals surface area contributed by atoms with Gasteiger partial charge in [0, 0.05) is 18.4 Å². The first-order chi connectivity index (χ1) is 7.89. The number of alkyl halides is 3. The maximum atomic E-state index is 12.8. The largest absolute Gasteiger partial charge is 0.444 e. The van der Waals surface area contributed by atoms with Crippen molar-refractivity contribution in [2.24, 2.45) is 0 Å². The Morgan fingerprint density at radius 1 is 1.41 bits per heavy atom. The maximum Gasteiger partial charge on any atom is 0.436 e. The molecule has 0 aliphatic carbocycles. The summed E-state index contributed by atoms with van der Waals surface area (Å²) in [6.45, 7) is 4.78. The van der Waals surface area contributed by atoms with Crippen LogP contribution in [0.1, 0.15) is 49.4 Å². The molecule has 3 nitrogen and oxygen atoms in total. The second kappa shape index (κ2) is 4.33. The number of nitrogens with one attached hydrogen (secondary N) is 1. The van der Waals surface area contributed by atoms with Gasteiger partial charge in [-0.25, -0.2) is 4.98 Å². The summed E-state index contributed by atoms with van der Waals surface area (Å²) in [6.07, 6.45) is -3.66. The topological polar surface area (TPSA) is 38.1 Å². The molecule has 1 unspecified atom stereocenters. The van der Waals surface area contributed by atoms with Crippen molar-refractivity contribution in [3.8, 4) is 0 Å². The number of halogens is 3. The monoisotopic (exact) mass is 248 g/mol. The van der Waals surface area contributed by atoms with Gasteiger partial charge in [0.2, 0.25) is 0 Å². The molecule has 0 spiro atoms. The van der Waals surface area contributed by atoms with Crippen molar-refractivity contribution in [1.82, 2.24) is 10.3 Å². The summed E-state index contributed by atoms with van der Waals surface area (Å²) in [5.74, 6) is -0.198. The number of aromatic nitrogens is 1. The Kier molecular flexibility index (Phi) is 3.16. The molecule has 1 fully saturated rings. The predicted octanol–water partition coefficient (Wildman–Crippen LogP) is 2.89. The molecule has 0 saturated carbocycles. The molecule has 1 aromatic heterocycles. The van der Waals surface area contributed by atoms with Gasteiger partial charge >= 0.3 is 6.18 Å². The van der Waals surface area contributed by atoms with Gasteiger partial charge in [-0.1, -0.05) is 13.8 Å². The highest BCUT2D eigenvalue weighted by Gasteiger charge is 2.40. The van der Waals surface area contributed by atoms with Gasteiger partial charge in [0.25, 0.3) is 0 Å². The summed E-state index contributed by atoms with van der Waals surface area (Å²) < 4.78 is 43.6. The lowest BCUT2D eigenvalue weighted by Crippen LogP contribution is -2.10. The van der Waals surface area contributed by atoms with E-state index in [4.69, 9.17) is 4.42 Å². The molecular weight excluding hydrogens is 233 g/mol. The van der Waals surface area contributed by atoms with Gasteiger partial charge in [0.1, 0.15) is 5.76 Å². The molecule has 0 bridgehead atoms. The minimum atomic E-state index is -4.44. The van der Waals surface area contributed by atoms with E-state index >= 15 is 0 Å². The Morgan fingerprint density at radius 3 is 2.53 bits per heavy atom. The Bertz CT molecular complexity index is 392. The summed E-state index contributed by atoms with van der Waals surface area (Å²) in [5, 5.41) is 3.09. The van der Waals surface area contributed by atoms with Crippen LogP contribution >= 0.6 is 0 Å². The summed E-state index contributed by atoms with van der Waals surface area (Å²) in [7, 11) is 0. The van der Waals surface area contributed by atoms with E-state index in [9.17, 15) is 13.2 Å². The van der Waals surface area contributed by atoms with Gasteiger partial charge in [0.05, 0.1) is 0 Å². The minimum Gasteiger partial charge on any atom is -0.444 e. The zero-order chi connectivity index (χ0) is 12.6. The molecule has 1 N–H and O–H groups in total. The molecule has 17 heavy (non-hydrogen) atoms. The van der Waals surface area contributed by atoms with Crippen LogP contribution in [0.15, 0.2) is 4.42 Å². The number of rotatable bonds is 2. The first kappa shape index (κ1) is 12.4. The first-order valence-electron chi connectivity index (χ1n) is 5.68. The molecular formula is C11H15F3N2O. The van der Waals surface area contributed by atoms with E-state index in [1.165, 1.54) is 0 Å². The van der Waals surface area contributed by atoms with Crippen molar-refractivity contribution >= 4 is 0 Å². The lowest BCUT2D eigenvalue weighted by atomic mass is 10.1. The van der Waals surface area contributed by atoms with E-state index in [1.54, 1.807) is 13.8 Å². The SMILES string of the molecule is CC(C)c1oc(C2CCNC2)nc1C(F)(F)F. The summed E-state index contributed by atoms with van der Waals surface area (Å²) in [6, 6.07) is 0. The highest BCUT2D eigenvalue weighted by Crippen LogP contribution is 2.37. The van der Waals surface area contributed by atoms with E-state index in [0.717, 1.165) is 13.0 Å². The van der Waals surface area contributed by atoms with E-state index in [0.29, 0.717) is 6.54 Å². The molecule has 0 amide bonds. The van der Waals surface area contributed by atoms with Gasteiger partial charge in [0.15, 0.2) is 11.6 Å². The zero-order valence-electron chi connectivity index (χ0n) is 9.77. The highest BCUT2D eigenvalue weighted by atomic mass is 19.4. The summed E-state index contributed by atoms with van der Waals surface area (Å²) in [5.41, 5.74) is -0.866. The third kappa shape index (κ3) is 2.46. The van der Waals surface area contributed by atoms with Crippen LogP contribution in [0.2, 0.25) is 0 Å². The highest BCUT2D eigenvalue weighted by molar-refractivity contribution is 5.18. The minimum absolute atomic E-state index is 0.0383. The van der Waals surface area contributed by atoms with Gasteiger partial charge in [-0.2, -0.15) is 13.2 Å². The Hall–Kier alpha value is -1.04. The number of nitrogens with zero attached hydrogens (tertiary/aromatic N) is 1. The van der Waals surface area contributed by atoms with Crippen LogP contribution in [0, 0.1) is 0 Å². The number of hydrogen-bond donors (Lipinski definition) is 1. The number of oxazole rings is 1. The molecule has 1 aromatic rings. The van der Waals surface area contributed by atoms with Crippen molar-refractivity contribution in [3.63, 3.8) is 0 Å². The fourth-order valence-corrected chi connectivity index (χ4v) is 1.98. The molecule has 2 heterocycles. The predicted molar refractivity (Wildman–Crippen MR) is 55.8 cm³/mol. The molecule has 96 valence electrons. The van der Waals surface area contributed by atoms with Gasteiger partial charge in [-0.05, 0) is 13.0 Å². The first-order valence-corrected chi connectivity index (χ1v) is 5.68. The Labute approximate surface area is 97.4 Å². The molecule has 1 aliphatic heterocycles. The van der Waals surface area contributed by atoms with Gasteiger partial charge < -0.3 is 9.73 Å². The lowest BCUT2D eigenvalue weighted by molar-refractivity contribution is -0.142. The smallest absolute Gasteiger partial charge is 0.436 e.